The van der Waals surface area contributed by atoms with Gasteiger partial charge in [-0.15, -0.1) is 11.3 Å². The molecule has 4 aliphatic rings. The van der Waals surface area contributed by atoms with Crippen molar-refractivity contribution < 1.29 is 33.7 Å². The second-order valence-electron chi connectivity index (χ2n) is 18.6. The molecule has 3 fully saturated rings. The normalized spacial score (nSPS) is 23.4. The third-order valence-electron chi connectivity index (χ3n) is 13.4. The average molecular weight is 909 g/mol. The number of methoxy groups -OCH3 is 1. The summed E-state index contributed by atoms with van der Waals surface area (Å²) in [5.74, 6) is -1.62. The first kappa shape index (κ1) is 46.0. The van der Waals surface area contributed by atoms with Crippen LogP contribution in [0.1, 0.15) is 95.0 Å². The van der Waals surface area contributed by atoms with Crippen LogP contribution in [0.15, 0.2) is 54.6 Å². The maximum absolute atomic E-state index is 14.6. The summed E-state index contributed by atoms with van der Waals surface area (Å²) in [5, 5.41) is 8.18. The summed E-state index contributed by atoms with van der Waals surface area (Å²) in [6, 6.07) is 8.57. The standard InChI is InChI=1S/C48H61N9O7S/c1-7-42(58)53-23-19-32(27-53)46(60)55-21-11-9-10-15-39(55)45(59)51-36-25-41-50-37(28-65-41)31-17-18-38-34(24-31)35(44(54(38)8-2)33-14-12-20-49-43(33)30(3)63-6)26-48(4,5)29-64-57(62)40-16-13-22-56(52-40)47(36)61/h7,12,14,17-18,20,24,28,30,32,36,39-40,52H,1,8-11,13,15-16,19,21-23,25-27,29H2,2-6H3/p+1/t30-,32-,36-,39-,40+/m0/s1. The van der Waals surface area contributed by atoms with Gasteiger partial charge < -0.3 is 24.4 Å². The predicted octanol–water partition coefficient (Wildman–Crippen LogP) is 6.13. The molecule has 5 atom stereocenters. The molecule has 346 valence electrons. The average Bonchev–Trinajstić information content (AvgIpc) is 4.02. The fourth-order valence-electron chi connectivity index (χ4n) is 9.93. The van der Waals surface area contributed by atoms with Crippen molar-refractivity contribution in [3.8, 4) is 22.5 Å². The maximum atomic E-state index is 14.6. The van der Waals surface area contributed by atoms with Crippen LogP contribution < -0.4 is 10.7 Å². The number of hydrogen-bond donors (Lipinski definition) is 2. The van der Waals surface area contributed by atoms with Crippen molar-refractivity contribution in [2.45, 2.75) is 116 Å². The number of benzene rings is 1. The number of amides is 4. The first-order valence-corrected chi connectivity index (χ1v) is 24.0. The van der Waals surface area contributed by atoms with Gasteiger partial charge in [-0.05, 0) is 81.9 Å². The number of nitrogens with zero attached hydrogens (tertiary/aromatic N) is 7. The quantitative estimate of drug-likeness (QED) is 0.196. The first-order valence-electron chi connectivity index (χ1n) is 23.1. The van der Waals surface area contributed by atoms with E-state index in [0.717, 1.165) is 63.9 Å². The van der Waals surface area contributed by atoms with Crippen LogP contribution in [-0.4, -0.2) is 116 Å². The minimum atomic E-state index is -1.06. The Labute approximate surface area is 384 Å². The lowest BCUT2D eigenvalue weighted by Gasteiger charge is -2.34. The van der Waals surface area contributed by atoms with Gasteiger partial charge in [0.05, 0.1) is 39.0 Å². The van der Waals surface area contributed by atoms with Crippen molar-refractivity contribution >= 4 is 45.9 Å². The molecule has 0 radical (unpaired) electrons. The van der Waals surface area contributed by atoms with E-state index < -0.39 is 41.4 Å². The molecule has 0 spiro atoms. The van der Waals surface area contributed by atoms with Gasteiger partial charge in [0.25, 0.3) is 5.91 Å². The second kappa shape index (κ2) is 19.5. The van der Waals surface area contributed by atoms with Crippen molar-refractivity contribution in [2.75, 3.05) is 39.9 Å². The highest BCUT2D eigenvalue weighted by molar-refractivity contribution is 7.10. The summed E-state index contributed by atoms with van der Waals surface area (Å²) in [6.07, 6.45) is 6.89. The van der Waals surface area contributed by atoms with Crippen LogP contribution >= 0.6 is 11.3 Å². The van der Waals surface area contributed by atoms with Crippen LogP contribution in [-0.2, 0) is 48.1 Å². The minimum Gasteiger partial charge on any atom is -0.375 e. The predicted molar refractivity (Wildman–Crippen MR) is 247 cm³/mol. The Hall–Kier alpha value is -5.52. The fourth-order valence-corrected chi connectivity index (χ4v) is 10.8. The number of pyridine rings is 1. The second-order valence-corrected chi connectivity index (χ2v) is 19.5. The lowest BCUT2D eigenvalue weighted by molar-refractivity contribution is -0.835. The summed E-state index contributed by atoms with van der Waals surface area (Å²) in [6.45, 7) is 14.1. The van der Waals surface area contributed by atoms with E-state index in [-0.39, 0.29) is 37.5 Å². The number of aromatic nitrogens is 3. The molecule has 8 rings (SSSR count). The van der Waals surface area contributed by atoms with Gasteiger partial charge in [0.15, 0.2) is 6.61 Å². The van der Waals surface area contributed by atoms with Gasteiger partial charge in [-0.2, -0.15) is 5.43 Å². The van der Waals surface area contributed by atoms with Crippen LogP contribution in [0.3, 0.4) is 0 Å². The number of likely N-dealkylation sites (tertiary alicyclic amines) is 2. The number of thiazole rings is 1. The molecule has 7 heterocycles. The Morgan fingerprint density at radius 1 is 1.12 bits per heavy atom. The Kier molecular flexibility index (Phi) is 13.8. The van der Waals surface area contributed by atoms with Gasteiger partial charge in [-0.25, -0.2) is 9.82 Å². The van der Waals surface area contributed by atoms with Crippen LogP contribution in [0.5, 0.6) is 0 Å². The Morgan fingerprint density at radius 2 is 1.95 bits per heavy atom. The third-order valence-corrected chi connectivity index (χ3v) is 14.3. The highest BCUT2D eigenvalue weighted by atomic mass is 32.1. The largest absolute Gasteiger partial charge is 0.375 e. The Bertz CT molecular complexity index is 2460. The van der Waals surface area contributed by atoms with Crippen LogP contribution in [0.25, 0.3) is 33.4 Å². The summed E-state index contributed by atoms with van der Waals surface area (Å²) >= 11 is 1.42. The highest BCUT2D eigenvalue weighted by Gasteiger charge is 2.42. The number of carbonyl (C=O) groups is 4. The smallest absolute Gasteiger partial charge is 0.326 e. The van der Waals surface area contributed by atoms with E-state index >= 15 is 0 Å². The maximum Gasteiger partial charge on any atom is 0.326 e. The van der Waals surface area contributed by atoms with Crippen LogP contribution in [0.4, 0.5) is 0 Å². The van der Waals surface area contributed by atoms with Crippen LogP contribution in [0, 0.1) is 16.2 Å². The van der Waals surface area contributed by atoms with Crippen molar-refractivity contribution in [3.63, 3.8) is 0 Å². The summed E-state index contributed by atoms with van der Waals surface area (Å²) in [4.78, 5) is 89.3. The van der Waals surface area contributed by atoms with Gasteiger partial charge in [0.1, 0.15) is 12.1 Å². The van der Waals surface area contributed by atoms with Gasteiger partial charge in [-0.3, -0.25) is 29.2 Å². The number of rotatable bonds is 8. The number of hydrogen-bond acceptors (Lipinski definition) is 11. The molecule has 0 unspecified atom stereocenters. The van der Waals surface area contributed by atoms with Gasteiger partial charge in [-0.1, -0.05) is 39.3 Å². The minimum absolute atomic E-state index is 0.0943. The topological polar surface area (TPSA) is 171 Å². The monoisotopic (exact) mass is 908 g/mol. The number of ether oxygens (including phenoxy) is 1. The molecular weight excluding hydrogens is 847 g/mol. The zero-order valence-corrected chi connectivity index (χ0v) is 39.0. The van der Waals surface area contributed by atoms with E-state index in [0.29, 0.717) is 68.2 Å². The molecule has 17 heteroatoms. The van der Waals surface area contributed by atoms with Crippen molar-refractivity contribution in [1.29, 1.82) is 0 Å². The van der Waals surface area contributed by atoms with Gasteiger partial charge >= 0.3 is 6.17 Å². The molecule has 2 N–H and O–H groups in total. The zero-order chi connectivity index (χ0) is 46.0. The molecule has 0 aliphatic carbocycles. The lowest BCUT2D eigenvalue weighted by Crippen LogP contribution is -2.62. The van der Waals surface area contributed by atoms with E-state index in [4.69, 9.17) is 19.5 Å². The van der Waals surface area contributed by atoms with Crippen molar-refractivity contribution in [3.05, 3.63) is 75.7 Å². The molecule has 4 amide bonds. The van der Waals surface area contributed by atoms with E-state index in [1.54, 1.807) is 23.1 Å². The molecule has 3 saturated heterocycles. The van der Waals surface area contributed by atoms with E-state index in [1.807, 2.05) is 18.4 Å². The molecule has 6 bridgehead atoms. The Morgan fingerprint density at radius 3 is 2.74 bits per heavy atom. The highest BCUT2D eigenvalue weighted by Crippen LogP contribution is 2.42. The van der Waals surface area contributed by atoms with E-state index in [1.165, 1.54) is 22.4 Å². The van der Waals surface area contributed by atoms with E-state index in [2.05, 4.69) is 66.9 Å². The fraction of sp³-hybridized carbons (Fsp3) is 0.542. The number of hydrazine groups is 1. The third kappa shape index (κ3) is 9.59. The Balaban J connectivity index is 1.16. The number of aryl methyl sites for hydroxylation is 1. The molecule has 3 aromatic heterocycles. The molecular formula is C48H62N9O7S+. The molecule has 65 heavy (non-hydrogen) atoms. The van der Waals surface area contributed by atoms with Gasteiger partial charge in [0.2, 0.25) is 22.6 Å². The summed E-state index contributed by atoms with van der Waals surface area (Å²) in [7, 11) is 1.68. The molecule has 4 aromatic rings. The number of fused-ring (bicyclic) bond motifs is 6. The lowest BCUT2D eigenvalue weighted by atomic mass is 9.84. The molecule has 0 saturated carbocycles. The molecule has 1 aromatic carbocycles. The SMILES string of the molecule is C=CC(=O)N1CC[C@H](C(=O)N2CCCCC[C@H]2C(=O)N[C@H]2Cc3nc(cs3)-c3ccc4c(c3)c(c(-c3cccnc3[C@H](C)OC)n4CC)CC(C)(C)CO[N+](=O)[C@@H]3CCCN(N3)C2=O)C1. The number of carbonyl (C=O) groups excluding carboxylic acids is 4. The van der Waals surface area contributed by atoms with E-state index in [9.17, 15) is 24.1 Å². The molecule has 4 aliphatic heterocycles. The zero-order valence-electron chi connectivity index (χ0n) is 38.2. The van der Waals surface area contributed by atoms with Crippen molar-refractivity contribution in [2.24, 2.45) is 11.3 Å². The summed E-state index contributed by atoms with van der Waals surface area (Å²) < 4.78 is 8.12. The van der Waals surface area contributed by atoms with Crippen LogP contribution in [0.2, 0.25) is 0 Å². The molecule has 16 nitrogen and oxygen atoms in total. The summed E-state index contributed by atoms with van der Waals surface area (Å²) in [5.41, 5.74) is 9.24. The first-order chi connectivity index (χ1) is 31.3. The van der Waals surface area contributed by atoms with Gasteiger partial charge in [0, 0.05) is 91.7 Å². The number of nitrogens with one attached hydrogen (secondary N) is 2. The van der Waals surface area contributed by atoms with Crippen molar-refractivity contribution in [1.82, 2.24) is 40.1 Å².